The van der Waals surface area contributed by atoms with E-state index in [0.717, 1.165) is 40.9 Å². The predicted octanol–water partition coefficient (Wildman–Crippen LogP) is 6.92. The van der Waals surface area contributed by atoms with Gasteiger partial charge in [0.25, 0.3) is 6.01 Å². The number of hydrogen-bond acceptors (Lipinski definition) is 11. The number of benzene rings is 1. The number of nitrogens with one attached hydrogen (secondary N) is 1. The number of aromatic nitrogens is 3. The summed E-state index contributed by atoms with van der Waals surface area (Å²) in [6.45, 7) is 11.1. The number of fused-ring (bicyclic) bond motifs is 3. The van der Waals surface area contributed by atoms with Crippen molar-refractivity contribution in [1.29, 1.82) is 0 Å². The van der Waals surface area contributed by atoms with Crippen molar-refractivity contribution in [1.82, 2.24) is 24.2 Å². The molecule has 57 heavy (non-hydrogen) atoms. The maximum absolute atomic E-state index is 14.7. The first-order valence-electron chi connectivity index (χ1n) is 20.3. The number of sulfonamides is 1. The Morgan fingerprint density at radius 1 is 1.12 bits per heavy atom. The number of thiazole rings is 1. The molecule has 2 amide bonds. The van der Waals surface area contributed by atoms with Crippen molar-refractivity contribution >= 4 is 56.0 Å². The Labute approximate surface area is 339 Å². The summed E-state index contributed by atoms with van der Waals surface area (Å²) in [5, 5.41) is 2.74. The van der Waals surface area contributed by atoms with Gasteiger partial charge in [-0.1, -0.05) is 31.1 Å². The van der Waals surface area contributed by atoms with Gasteiger partial charge in [0.1, 0.15) is 22.2 Å². The van der Waals surface area contributed by atoms with Crippen LogP contribution in [0.25, 0.3) is 21.6 Å². The van der Waals surface area contributed by atoms with Crippen molar-refractivity contribution in [2.24, 2.45) is 17.3 Å². The highest BCUT2D eigenvalue weighted by atomic mass is 32.2. The molecule has 4 heterocycles. The van der Waals surface area contributed by atoms with E-state index in [1.807, 2.05) is 54.1 Å². The van der Waals surface area contributed by atoms with Crippen LogP contribution in [-0.2, 0) is 33.9 Å². The van der Waals surface area contributed by atoms with Gasteiger partial charge in [0.05, 0.1) is 34.7 Å². The first kappa shape index (κ1) is 41.1. The molecule has 308 valence electrons. The Hall–Kier alpha value is -4.11. The molecule has 1 aromatic carbocycles. The number of ketones is 1. The van der Waals surface area contributed by atoms with E-state index in [9.17, 15) is 27.6 Å². The van der Waals surface area contributed by atoms with Gasteiger partial charge in [-0.2, -0.15) is 4.98 Å². The minimum atomic E-state index is -3.95. The molecule has 3 fully saturated rings. The van der Waals surface area contributed by atoms with E-state index < -0.39 is 55.7 Å². The molecule has 0 radical (unpaired) electrons. The lowest BCUT2D eigenvalue weighted by Gasteiger charge is -2.29. The Kier molecular flexibility index (Phi) is 11.2. The molecule has 2 aliphatic heterocycles. The summed E-state index contributed by atoms with van der Waals surface area (Å²) in [5.41, 5.74) is 0.465. The third-order valence-electron chi connectivity index (χ3n) is 11.9. The molecule has 2 aromatic heterocycles. The van der Waals surface area contributed by atoms with Crippen LogP contribution >= 0.6 is 11.3 Å². The van der Waals surface area contributed by atoms with Crippen LogP contribution in [0.3, 0.4) is 0 Å². The largest absolute Gasteiger partial charge is 0.460 e. The van der Waals surface area contributed by atoms with Crippen molar-refractivity contribution in [3.05, 3.63) is 41.9 Å². The molecule has 2 aliphatic carbocycles. The highest BCUT2D eigenvalue weighted by Crippen LogP contribution is 2.57. The quantitative estimate of drug-likeness (QED) is 0.177. The van der Waals surface area contributed by atoms with Gasteiger partial charge in [0, 0.05) is 41.9 Å². The molecule has 0 spiro atoms. The average Bonchev–Trinajstić information content (AvgIpc) is 3.77. The van der Waals surface area contributed by atoms with Crippen LogP contribution in [0.1, 0.15) is 118 Å². The van der Waals surface area contributed by atoms with E-state index in [0.29, 0.717) is 38.1 Å². The van der Waals surface area contributed by atoms with Gasteiger partial charge in [-0.25, -0.2) is 13.4 Å². The lowest BCUT2D eigenvalue weighted by atomic mass is 9.90. The van der Waals surface area contributed by atoms with Crippen LogP contribution in [0.2, 0.25) is 0 Å². The standard InChI is InChI=1S/C42H55N5O8S2/c1-26(2)47-31-16-12-15-30(36-43-19-20-56-36)35(31)44-39(47)54-29-22-32-33(48)24-42(38(51)45-57(52,53)41(6)17-18-41)23-28(42)14-11-9-7-8-10-13-27(37(50)46(32)25-29)21-34(49)55-40(3,4)5/h11-12,14-16,19-20,26-29,32H,7-10,13,17-18,21-25H2,1-6H3,(H,45,51)/b14-11-/t27-,28+,29-,32+,42-/m1/s1. The maximum atomic E-state index is 14.7. The number of allylic oxidation sites excluding steroid dienone is 2. The number of hydrogen-bond donors (Lipinski definition) is 1. The summed E-state index contributed by atoms with van der Waals surface area (Å²) < 4.78 is 42.2. The molecule has 5 atom stereocenters. The SMILES string of the molecule is CC(C)n1c(O[C@@H]2C[C@H]3C(=O)C[C@]4(C(=O)NS(=O)(=O)C5(C)CC5)C[C@@H]4/C=C\CCCCC[C@H](CC(=O)OC(C)(C)C)C(=O)N3C2)nc2c(-c3nccs3)cccc21. The van der Waals surface area contributed by atoms with Crippen molar-refractivity contribution in [2.75, 3.05) is 6.54 Å². The van der Waals surface area contributed by atoms with Crippen molar-refractivity contribution in [2.45, 2.75) is 141 Å². The second-order valence-corrected chi connectivity index (χ2v) is 21.0. The first-order valence-corrected chi connectivity index (χ1v) is 22.6. The summed E-state index contributed by atoms with van der Waals surface area (Å²) in [4.78, 5) is 67.6. The molecule has 3 aromatic rings. The van der Waals surface area contributed by atoms with Crippen LogP contribution in [0, 0.1) is 17.3 Å². The Morgan fingerprint density at radius 2 is 1.89 bits per heavy atom. The van der Waals surface area contributed by atoms with Gasteiger partial charge < -0.3 is 14.4 Å². The number of imidazole rings is 1. The van der Waals surface area contributed by atoms with E-state index in [1.165, 1.54) is 16.2 Å². The number of Topliss-reactive ketones (excluding diaryl/α,β-unsaturated/α-hetero) is 1. The zero-order chi connectivity index (χ0) is 40.9. The second kappa shape index (κ2) is 15.6. The first-order chi connectivity index (χ1) is 26.9. The van der Waals surface area contributed by atoms with Gasteiger partial charge >= 0.3 is 5.97 Å². The van der Waals surface area contributed by atoms with Gasteiger partial charge in [-0.15, -0.1) is 11.3 Å². The third kappa shape index (κ3) is 8.55. The van der Waals surface area contributed by atoms with E-state index in [2.05, 4.69) is 9.71 Å². The smallest absolute Gasteiger partial charge is 0.307 e. The fraction of sp³-hybridized carbons (Fsp3) is 0.619. The monoisotopic (exact) mass is 821 g/mol. The van der Waals surface area contributed by atoms with Gasteiger partial charge in [0.15, 0.2) is 5.78 Å². The highest BCUT2D eigenvalue weighted by molar-refractivity contribution is 7.91. The number of nitrogens with zero attached hydrogens (tertiary/aromatic N) is 4. The summed E-state index contributed by atoms with van der Waals surface area (Å²) in [5.74, 6) is -2.88. The van der Waals surface area contributed by atoms with Crippen LogP contribution < -0.4 is 9.46 Å². The van der Waals surface area contributed by atoms with E-state index >= 15 is 0 Å². The molecule has 2 saturated carbocycles. The number of para-hydroxylation sites is 1. The molecule has 1 N–H and O–H groups in total. The molecule has 1 saturated heterocycles. The number of ether oxygens (including phenoxy) is 2. The van der Waals surface area contributed by atoms with Crippen LogP contribution in [-0.4, -0.2) is 80.5 Å². The highest BCUT2D eigenvalue weighted by Gasteiger charge is 2.62. The normalized spacial score (nSPS) is 27.2. The molecule has 0 bridgehead atoms. The minimum Gasteiger partial charge on any atom is -0.460 e. The zero-order valence-corrected chi connectivity index (χ0v) is 35.4. The van der Waals surface area contributed by atoms with Crippen molar-refractivity contribution in [3.8, 4) is 16.6 Å². The number of amides is 2. The van der Waals surface area contributed by atoms with E-state index in [1.54, 1.807) is 33.9 Å². The topological polar surface area (TPSA) is 167 Å². The second-order valence-electron chi connectivity index (χ2n) is 17.9. The van der Waals surface area contributed by atoms with E-state index in [-0.39, 0.29) is 49.5 Å². The van der Waals surface area contributed by atoms with Crippen LogP contribution in [0.15, 0.2) is 41.9 Å². The molecule has 0 unspecified atom stereocenters. The lowest BCUT2D eigenvalue weighted by molar-refractivity contribution is -0.159. The Balaban J connectivity index is 1.22. The molecular weight excluding hydrogens is 767 g/mol. The lowest BCUT2D eigenvalue weighted by Crippen LogP contribution is -2.47. The Morgan fingerprint density at radius 3 is 2.58 bits per heavy atom. The molecule has 4 aliphatic rings. The molecule has 15 heteroatoms. The predicted molar refractivity (Wildman–Crippen MR) is 217 cm³/mol. The fourth-order valence-electron chi connectivity index (χ4n) is 8.36. The molecule has 13 nitrogen and oxygen atoms in total. The molecular formula is C42H55N5O8S2. The number of carbonyl (C=O) groups excluding carboxylic acids is 4. The maximum Gasteiger partial charge on any atom is 0.307 e. The number of esters is 1. The third-order valence-corrected chi connectivity index (χ3v) is 14.9. The van der Waals surface area contributed by atoms with Gasteiger partial charge in [-0.3, -0.25) is 28.5 Å². The van der Waals surface area contributed by atoms with Crippen LogP contribution in [0.5, 0.6) is 6.01 Å². The summed E-state index contributed by atoms with van der Waals surface area (Å²) >= 11 is 1.51. The average molecular weight is 822 g/mol. The van der Waals surface area contributed by atoms with Gasteiger partial charge in [0.2, 0.25) is 21.8 Å². The van der Waals surface area contributed by atoms with Gasteiger partial charge in [-0.05, 0) is 98.1 Å². The zero-order valence-electron chi connectivity index (χ0n) is 33.8. The van der Waals surface area contributed by atoms with E-state index in [4.69, 9.17) is 14.5 Å². The fourth-order valence-corrected chi connectivity index (χ4v) is 10.4. The molecule has 7 rings (SSSR count). The summed E-state index contributed by atoms with van der Waals surface area (Å²) in [7, 11) is -3.95. The van der Waals surface area contributed by atoms with Crippen molar-refractivity contribution in [3.63, 3.8) is 0 Å². The summed E-state index contributed by atoms with van der Waals surface area (Å²) in [6, 6.07) is 5.25. The number of carbonyl (C=O) groups is 4. The summed E-state index contributed by atoms with van der Waals surface area (Å²) in [6.07, 6.45) is 9.63. The number of rotatable bonds is 9. The van der Waals surface area contributed by atoms with Crippen molar-refractivity contribution < 1.29 is 37.1 Å². The Bertz CT molecular complexity index is 2170. The van der Waals surface area contributed by atoms with Crippen LogP contribution in [0.4, 0.5) is 0 Å². The minimum absolute atomic E-state index is 0.0442.